The Hall–Kier alpha value is -1.51. The summed E-state index contributed by atoms with van der Waals surface area (Å²) in [5.74, 6) is -0.445. The van der Waals surface area contributed by atoms with E-state index in [0.29, 0.717) is 0 Å². The number of hydrogen-bond acceptors (Lipinski definition) is 5. The van der Waals surface area contributed by atoms with E-state index in [9.17, 15) is 23.3 Å². The molecular weight excluding hydrogens is 284 g/mol. The van der Waals surface area contributed by atoms with Gasteiger partial charge < -0.3 is 0 Å². The Balaban J connectivity index is 3.68. The summed E-state index contributed by atoms with van der Waals surface area (Å²) in [7, 11) is -4.24. The normalized spacial score (nSPS) is 11.3. The van der Waals surface area contributed by atoms with E-state index in [2.05, 4.69) is 0 Å². The second-order valence-electron chi connectivity index (χ2n) is 3.39. The smallest absolute Gasteiger partial charge is 0.290 e. The second-order valence-corrected chi connectivity index (χ2v) is 5.29. The van der Waals surface area contributed by atoms with Crippen LogP contribution < -0.4 is 5.14 Å². The van der Waals surface area contributed by atoms with Gasteiger partial charge in [0.2, 0.25) is 10.0 Å². The number of ketones is 1. The Labute approximate surface area is 108 Å². The molecule has 2 N–H and O–H groups in total. The van der Waals surface area contributed by atoms with Crippen LogP contribution in [-0.2, 0) is 10.0 Å². The summed E-state index contributed by atoms with van der Waals surface area (Å²) in [6.07, 6.45) is 0.0723. The maximum atomic E-state index is 11.5. The average molecular weight is 293 g/mol. The van der Waals surface area contributed by atoms with E-state index >= 15 is 0 Å². The topological polar surface area (TPSA) is 120 Å². The molecule has 0 saturated heterocycles. The summed E-state index contributed by atoms with van der Waals surface area (Å²) in [5.41, 5.74) is -0.780. The van der Waals surface area contributed by atoms with E-state index < -0.39 is 36.3 Å². The van der Waals surface area contributed by atoms with E-state index in [1.54, 1.807) is 6.92 Å². The van der Waals surface area contributed by atoms with Crippen molar-refractivity contribution < 1.29 is 18.1 Å². The monoisotopic (exact) mass is 292 g/mol. The van der Waals surface area contributed by atoms with Gasteiger partial charge >= 0.3 is 0 Å². The molecule has 18 heavy (non-hydrogen) atoms. The lowest BCUT2D eigenvalue weighted by Gasteiger charge is -2.05. The molecule has 1 aromatic carbocycles. The highest BCUT2D eigenvalue weighted by Crippen LogP contribution is 2.32. The van der Waals surface area contributed by atoms with Crippen LogP contribution in [0.15, 0.2) is 17.0 Å². The molecule has 0 amide bonds. The van der Waals surface area contributed by atoms with E-state index in [4.69, 9.17) is 16.7 Å². The summed E-state index contributed by atoms with van der Waals surface area (Å²) >= 11 is 5.60. The van der Waals surface area contributed by atoms with E-state index in [0.717, 1.165) is 12.1 Å². The number of hydrogen-bond donors (Lipinski definition) is 1. The zero-order chi connectivity index (χ0) is 14.1. The molecular formula is C9H9ClN2O5S. The Bertz CT molecular complexity index is 626. The van der Waals surface area contributed by atoms with Crippen molar-refractivity contribution in [1.82, 2.24) is 0 Å². The minimum absolute atomic E-state index is 0.0723. The summed E-state index contributed by atoms with van der Waals surface area (Å²) in [5, 5.41) is 15.0. The van der Waals surface area contributed by atoms with Gasteiger partial charge in [-0.15, -0.1) is 0 Å². The molecule has 0 unspecified atom stereocenters. The van der Waals surface area contributed by atoms with Crippen LogP contribution in [0.4, 0.5) is 5.69 Å². The first-order valence-corrected chi connectivity index (χ1v) is 6.64. The molecule has 0 spiro atoms. The van der Waals surface area contributed by atoms with Gasteiger partial charge in [0.15, 0.2) is 5.78 Å². The molecule has 0 aliphatic heterocycles. The van der Waals surface area contributed by atoms with Crippen LogP contribution in [0.2, 0.25) is 5.02 Å². The number of halogens is 1. The van der Waals surface area contributed by atoms with Crippen LogP contribution in [0, 0.1) is 10.1 Å². The maximum absolute atomic E-state index is 11.5. The van der Waals surface area contributed by atoms with Crippen LogP contribution in [0.1, 0.15) is 23.7 Å². The number of nitrogens with zero attached hydrogens (tertiary/aromatic N) is 1. The number of benzene rings is 1. The second kappa shape index (κ2) is 5.01. The SMILES string of the molecule is CCC(=O)c1cc([N+](=O)[O-])c(Cl)c(S(N)(=O)=O)c1. The van der Waals surface area contributed by atoms with E-state index in [1.807, 2.05) is 0 Å². The fourth-order valence-corrected chi connectivity index (χ4v) is 2.43. The van der Waals surface area contributed by atoms with E-state index in [-0.39, 0.29) is 12.0 Å². The Morgan fingerprint density at radius 3 is 2.44 bits per heavy atom. The number of nitrogens with two attached hydrogens (primary N) is 1. The average Bonchev–Trinajstić information content (AvgIpc) is 2.26. The zero-order valence-electron chi connectivity index (χ0n) is 9.21. The fourth-order valence-electron chi connectivity index (χ4n) is 1.29. The first-order chi connectivity index (χ1) is 8.18. The number of Topliss-reactive ketones (excluding diaryl/α,β-unsaturated/α-hetero) is 1. The van der Waals surface area contributed by atoms with Gasteiger partial charge in [0.25, 0.3) is 5.69 Å². The van der Waals surface area contributed by atoms with Gasteiger partial charge in [-0.05, 0) is 6.07 Å². The van der Waals surface area contributed by atoms with Gasteiger partial charge in [-0.2, -0.15) is 0 Å². The van der Waals surface area contributed by atoms with Crippen LogP contribution in [0.5, 0.6) is 0 Å². The number of carbonyl (C=O) groups excluding carboxylic acids is 1. The molecule has 0 bridgehead atoms. The number of rotatable bonds is 4. The van der Waals surface area contributed by atoms with Crippen LogP contribution in [0.25, 0.3) is 0 Å². The standard InChI is InChI=1S/C9H9ClN2O5S/c1-2-7(13)5-3-6(12(14)15)9(10)8(4-5)18(11,16)17/h3-4H,2H2,1H3,(H2,11,16,17). The highest BCUT2D eigenvalue weighted by Gasteiger charge is 2.25. The lowest BCUT2D eigenvalue weighted by Crippen LogP contribution is -2.14. The lowest BCUT2D eigenvalue weighted by molar-refractivity contribution is -0.384. The Morgan fingerprint density at radius 2 is 2.06 bits per heavy atom. The minimum Gasteiger partial charge on any atom is -0.294 e. The molecule has 0 aliphatic rings. The maximum Gasteiger partial charge on any atom is 0.290 e. The van der Waals surface area contributed by atoms with Gasteiger partial charge in [0, 0.05) is 18.1 Å². The molecule has 0 heterocycles. The molecule has 1 aromatic rings. The summed E-state index contributed by atoms with van der Waals surface area (Å²) in [6.45, 7) is 1.54. The predicted octanol–water partition coefficient (Wildman–Crippen LogP) is 1.49. The van der Waals surface area contributed by atoms with Crippen molar-refractivity contribution in [3.8, 4) is 0 Å². The van der Waals surface area contributed by atoms with Crippen molar-refractivity contribution in [2.24, 2.45) is 5.14 Å². The summed E-state index contributed by atoms with van der Waals surface area (Å²) in [6, 6.07) is 1.87. The highest BCUT2D eigenvalue weighted by atomic mass is 35.5. The number of sulfonamides is 1. The predicted molar refractivity (Wildman–Crippen MR) is 64.1 cm³/mol. The molecule has 0 radical (unpaired) electrons. The number of nitro groups is 1. The van der Waals surface area contributed by atoms with Gasteiger partial charge in [-0.3, -0.25) is 14.9 Å². The fraction of sp³-hybridized carbons (Fsp3) is 0.222. The van der Waals surface area contributed by atoms with Crippen LogP contribution in [-0.4, -0.2) is 19.1 Å². The van der Waals surface area contributed by atoms with Crippen molar-refractivity contribution >= 4 is 33.1 Å². The third kappa shape index (κ3) is 2.84. The molecule has 0 saturated carbocycles. The third-order valence-electron chi connectivity index (χ3n) is 2.17. The van der Waals surface area contributed by atoms with Crippen molar-refractivity contribution in [2.45, 2.75) is 18.2 Å². The molecule has 0 aliphatic carbocycles. The summed E-state index contributed by atoms with van der Waals surface area (Å²) in [4.78, 5) is 20.7. The summed E-state index contributed by atoms with van der Waals surface area (Å²) < 4.78 is 22.5. The Morgan fingerprint density at radius 1 is 1.50 bits per heavy atom. The van der Waals surface area contributed by atoms with Crippen LogP contribution in [0.3, 0.4) is 0 Å². The van der Waals surface area contributed by atoms with E-state index in [1.165, 1.54) is 0 Å². The van der Waals surface area contributed by atoms with Gasteiger partial charge in [0.1, 0.15) is 9.92 Å². The Kier molecular flexibility index (Phi) is 4.05. The lowest BCUT2D eigenvalue weighted by atomic mass is 10.1. The molecule has 9 heteroatoms. The molecule has 98 valence electrons. The van der Waals surface area contributed by atoms with Crippen molar-refractivity contribution in [3.05, 3.63) is 32.8 Å². The number of carbonyl (C=O) groups is 1. The van der Waals surface area contributed by atoms with Crippen molar-refractivity contribution in [2.75, 3.05) is 0 Å². The first-order valence-electron chi connectivity index (χ1n) is 4.72. The molecule has 0 atom stereocenters. The third-order valence-corrected chi connectivity index (χ3v) is 3.61. The van der Waals surface area contributed by atoms with Crippen molar-refractivity contribution in [1.29, 1.82) is 0 Å². The van der Waals surface area contributed by atoms with Gasteiger partial charge in [0.05, 0.1) is 4.92 Å². The molecule has 0 aromatic heterocycles. The highest BCUT2D eigenvalue weighted by molar-refractivity contribution is 7.89. The molecule has 1 rings (SSSR count). The van der Waals surface area contributed by atoms with Crippen molar-refractivity contribution in [3.63, 3.8) is 0 Å². The molecule has 0 fully saturated rings. The molecule has 7 nitrogen and oxygen atoms in total. The minimum atomic E-state index is -4.24. The number of nitro benzene ring substituents is 1. The van der Waals surface area contributed by atoms with Crippen LogP contribution >= 0.6 is 11.6 Å². The first kappa shape index (κ1) is 14.6. The largest absolute Gasteiger partial charge is 0.294 e. The number of primary sulfonamides is 1. The zero-order valence-corrected chi connectivity index (χ0v) is 10.8. The quantitative estimate of drug-likeness (QED) is 0.512. The van der Waals surface area contributed by atoms with Gasteiger partial charge in [-0.1, -0.05) is 18.5 Å². The van der Waals surface area contributed by atoms with Gasteiger partial charge in [-0.25, -0.2) is 13.6 Å².